The van der Waals surface area contributed by atoms with Crippen molar-refractivity contribution in [2.75, 3.05) is 20.3 Å². The molecule has 1 unspecified atom stereocenters. The van der Waals surface area contributed by atoms with E-state index in [0.29, 0.717) is 16.9 Å². The summed E-state index contributed by atoms with van der Waals surface area (Å²) in [6.07, 6.45) is 16.9. The lowest BCUT2D eigenvalue weighted by Crippen LogP contribution is -2.46. The predicted octanol–water partition coefficient (Wildman–Crippen LogP) is 7.14. The summed E-state index contributed by atoms with van der Waals surface area (Å²) >= 11 is 0. The van der Waals surface area contributed by atoms with Crippen molar-refractivity contribution in [3.05, 3.63) is 61.9 Å². The Hall–Kier alpha value is -3.61. The van der Waals surface area contributed by atoms with E-state index in [4.69, 9.17) is 18.9 Å². The first-order valence-corrected chi connectivity index (χ1v) is 20.1. The molecule has 0 bridgehead atoms. The Bertz CT molecular complexity index is 1600. The molecule has 1 saturated heterocycles. The van der Waals surface area contributed by atoms with Gasteiger partial charge in [-0.25, -0.2) is 4.79 Å². The molecule has 1 aliphatic heterocycles. The number of carbonyl (C=O) groups is 3. The topological polar surface area (TPSA) is 152 Å². The summed E-state index contributed by atoms with van der Waals surface area (Å²) in [5.74, 6) is -1.21. The number of methoxy groups -OCH3 is 1. The summed E-state index contributed by atoms with van der Waals surface area (Å²) in [4.78, 5) is 64.3. The fourth-order valence-corrected chi connectivity index (χ4v) is 6.90. The minimum Gasteiger partial charge on any atom is -0.493 e. The van der Waals surface area contributed by atoms with E-state index in [0.717, 1.165) is 41.0 Å². The van der Waals surface area contributed by atoms with Crippen LogP contribution in [0, 0.1) is 13.8 Å². The van der Waals surface area contributed by atoms with Crippen molar-refractivity contribution in [2.24, 2.45) is 0 Å². The van der Waals surface area contributed by atoms with Gasteiger partial charge < -0.3 is 28.8 Å². The Morgan fingerprint density at radius 3 is 1.93 bits per heavy atom. The number of Topliss-reactive ketones (excluding diaryl/α,β-unsaturated/α-hetero) is 1. The molecule has 1 aromatic carbocycles. The van der Waals surface area contributed by atoms with Crippen LogP contribution in [0.5, 0.6) is 5.75 Å². The Balaban J connectivity index is 1.55. The second kappa shape index (κ2) is 24.0. The zero-order valence-corrected chi connectivity index (χ0v) is 33.3. The van der Waals surface area contributed by atoms with Crippen molar-refractivity contribution in [2.45, 2.75) is 168 Å². The van der Waals surface area contributed by atoms with Crippen LogP contribution in [0.25, 0.3) is 0 Å². The van der Waals surface area contributed by atoms with Gasteiger partial charge in [0, 0.05) is 31.4 Å². The number of esters is 1. The zero-order valence-electron chi connectivity index (χ0n) is 33.3. The molecule has 1 aliphatic rings. The van der Waals surface area contributed by atoms with Gasteiger partial charge in [-0.05, 0) is 50.5 Å². The lowest BCUT2D eigenvalue weighted by Gasteiger charge is -2.23. The van der Waals surface area contributed by atoms with Crippen LogP contribution in [0.15, 0.2) is 34.0 Å². The molecule has 12 heteroatoms. The Kier molecular flexibility index (Phi) is 19.9. The molecule has 0 saturated carbocycles. The first-order valence-electron chi connectivity index (χ1n) is 20.1. The van der Waals surface area contributed by atoms with Crippen molar-refractivity contribution in [1.29, 1.82) is 0 Å². The maximum Gasteiger partial charge on any atom is 0.340 e. The van der Waals surface area contributed by atoms with Crippen LogP contribution in [0.3, 0.4) is 0 Å². The number of aliphatic hydroxyl groups excluding tert-OH is 1. The standard InChI is InChI=1S/C42H64N2O10/c1-6-7-8-9-10-11-12-13-14-15-16-17-18-19-20-21-26-52-34-28-33(27-30(2)32(34)4)40(49)44-36(47)24-25-43(42(44)50)41-39(51-5)38(35(29-45)53-41)54-37(48)23-22-31(3)46/h24-25,27-28,35,38-39,41,45H,6-23,26,29H2,1-5H3/t35-,38+,39?,41-/m1/s1. The highest BCUT2D eigenvalue weighted by Crippen LogP contribution is 2.33. The van der Waals surface area contributed by atoms with Crippen LogP contribution in [0.4, 0.5) is 0 Å². The van der Waals surface area contributed by atoms with Gasteiger partial charge in [-0.2, -0.15) is 4.57 Å². The molecule has 0 amide bonds. The molecule has 0 aliphatic carbocycles. The molecular formula is C42H64N2O10. The highest BCUT2D eigenvalue weighted by molar-refractivity contribution is 5.96. The van der Waals surface area contributed by atoms with Crippen molar-refractivity contribution in [3.8, 4) is 5.75 Å². The molecule has 2 heterocycles. The normalized spacial score (nSPS) is 18.2. The van der Waals surface area contributed by atoms with E-state index in [1.807, 2.05) is 13.8 Å². The molecule has 0 radical (unpaired) electrons. The Morgan fingerprint density at radius 2 is 1.39 bits per heavy atom. The van der Waals surface area contributed by atoms with Crippen LogP contribution in [0.1, 0.15) is 157 Å². The Morgan fingerprint density at radius 1 is 0.815 bits per heavy atom. The molecule has 302 valence electrons. The summed E-state index contributed by atoms with van der Waals surface area (Å²) in [7, 11) is 1.32. The van der Waals surface area contributed by atoms with Gasteiger partial charge in [-0.15, -0.1) is 0 Å². The number of carbonyl (C=O) groups excluding carboxylic acids is 3. The van der Waals surface area contributed by atoms with Gasteiger partial charge >= 0.3 is 11.7 Å². The van der Waals surface area contributed by atoms with E-state index in [-0.39, 0.29) is 24.2 Å². The van der Waals surface area contributed by atoms with E-state index in [2.05, 4.69) is 6.92 Å². The van der Waals surface area contributed by atoms with E-state index >= 15 is 0 Å². The number of ether oxygens (including phenoxy) is 4. The molecule has 2 aromatic rings. The smallest absolute Gasteiger partial charge is 0.340 e. The number of hydrogen-bond acceptors (Lipinski definition) is 10. The summed E-state index contributed by atoms with van der Waals surface area (Å²) in [6, 6.07) is 4.23. The SMILES string of the molecule is CCCCCCCCCCCCCCCCCCOc1cc(C(=O)n2c(=O)ccn([C@@H]3O[C@H](CO)[C@H](OC(=O)CCC(C)=O)C3OC)c2=O)cc(C)c1C. The van der Waals surface area contributed by atoms with E-state index in [1.165, 1.54) is 104 Å². The van der Waals surface area contributed by atoms with Gasteiger partial charge in [-0.3, -0.25) is 19.0 Å². The number of rotatable bonds is 26. The number of aliphatic hydroxyl groups is 1. The maximum atomic E-state index is 13.8. The van der Waals surface area contributed by atoms with Crippen LogP contribution < -0.4 is 16.0 Å². The van der Waals surface area contributed by atoms with Gasteiger partial charge in [0.2, 0.25) is 0 Å². The highest BCUT2D eigenvalue weighted by atomic mass is 16.6. The molecule has 0 spiro atoms. The summed E-state index contributed by atoms with van der Waals surface area (Å²) < 4.78 is 24.6. The van der Waals surface area contributed by atoms with Gasteiger partial charge in [0.15, 0.2) is 12.3 Å². The van der Waals surface area contributed by atoms with Crippen molar-refractivity contribution < 1.29 is 38.4 Å². The average molecular weight is 757 g/mol. The van der Waals surface area contributed by atoms with Crippen LogP contribution in [-0.2, 0) is 23.8 Å². The fraction of sp³-hybridized carbons (Fsp3) is 0.690. The van der Waals surface area contributed by atoms with Crippen LogP contribution in [0.2, 0.25) is 0 Å². The van der Waals surface area contributed by atoms with Crippen molar-refractivity contribution in [3.63, 3.8) is 0 Å². The summed E-state index contributed by atoms with van der Waals surface area (Å²) in [5.41, 5.74) is -0.0900. The number of aryl methyl sites for hydroxylation is 1. The van der Waals surface area contributed by atoms with E-state index in [9.17, 15) is 29.1 Å². The molecular weight excluding hydrogens is 692 g/mol. The van der Waals surface area contributed by atoms with Crippen LogP contribution in [-0.4, -0.2) is 70.5 Å². The summed E-state index contributed by atoms with van der Waals surface area (Å²) in [5, 5.41) is 9.98. The zero-order chi connectivity index (χ0) is 39.5. The third-order valence-corrected chi connectivity index (χ3v) is 10.3. The largest absolute Gasteiger partial charge is 0.493 e. The Labute approximate surface area is 320 Å². The molecule has 12 nitrogen and oxygen atoms in total. The molecule has 3 rings (SSSR count). The number of aromatic nitrogens is 2. The van der Waals surface area contributed by atoms with Crippen molar-refractivity contribution in [1.82, 2.24) is 9.13 Å². The minimum absolute atomic E-state index is 0.0193. The number of nitrogens with zero attached hydrogens (tertiary/aromatic N) is 2. The first kappa shape index (κ1) is 44.8. The minimum atomic E-state index is -1.25. The number of ketones is 1. The van der Waals surface area contributed by atoms with Crippen molar-refractivity contribution >= 4 is 17.7 Å². The molecule has 54 heavy (non-hydrogen) atoms. The van der Waals surface area contributed by atoms with Crippen LogP contribution >= 0.6 is 0 Å². The average Bonchev–Trinajstić information content (AvgIpc) is 3.49. The monoisotopic (exact) mass is 756 g/mol. The second-order valence-corrected chi connectivity index (χ2v) is 14.7. The number of hydrogen-bond donors (Lipinski definition) is 1. The van der Waals surface area contributed by atoms with E-state index in [1.54, 1.807) is 12.1 Å². The third-order valence-electron chi connectivity index (χ3n) is 10.3. The molecule has 1 N–H and O–H groups in total. The lowest BCUT2D eigenvalue weighted by atomic mass is 10.0. The van der Waals surface area contributed by atoms with Gasteiger partial charge in [0.1, 0.15) is 23.7 Å². The van der Waals surface area contributed by atoms with Gasteiger partial charge in [-0.1, -0.05) is 103 Å². The predicted molar refractivity (Wildman–Crippen MR) is 207 cm³/mol. The van der Waals surface area contributed by atoms with Gasteiger partial charge in [0.05, 0.1) is 19.6 Å². The molecule has 4 atom stereocenters. The van der Waals surface area contributed by atoms with E-state index < -0.39 is 54.3 Å². The first-order chi connectivity index (χ1) is 26.0. The third kappa shape index (κ3) is 13.6. The molecule has 1 aromatic heterocycles. The second-order valence-electron chi connectivity index (χ2n) is 14.7. The quantitative estimate of drug-likeness (QED) is 0.0775. The van der Waals surface area contributed by atoms with Gasteiger partial charge in [0.25, 0.3) is 11.5 Å². The number of unbranched alkanes of at least 4 members (excludes halogenated alkanes) is 15. The number of benzene rings is 1. The molecule has 1 fully saturated rings. The summed E-state index contributed by atoms with van der Waals surface area (Å²) in [6.45, 7) is 7.26. The lowest BCUT2D eigenvalue weighted by molar-refractivity contribution is -0.158. The fourth-order valence-electron chi connectivity index (χ4n) is 6.90. The highest BCUT2D eigenvalue weighted by Gasteiger charge is 2.48. The maximum absolute atomic E-state index is 13.8.